The summed E-state index contributed by atoms with van der Waals surface area (Å²) in [4.78, 5) is 2.43. The lowest BCUT2D eigenvalue weighted by Gasteiger charge is -2.31. The first-order chi connectivity index (χ1) is 6.29. The van der Waals surface area contributed by atoms with Crippen molar-refractivity contribution in [3.8, 4) is 0 Å². The summed E-state index contributed by atoms with van der Waals surface area (Å²) >= 11 is 2.05. The summed E-state index contributed by atoms with van der Waals surface area (Å²) < 4.78 is 0. The van der Waals surface area contributed by atoms with Gasteiger partial charge in [-0.3, -0.25) is 4.90 Å². The number of rotatable bonds is 2. The van der Waals surface area contributed by atoms with E-state index in [9.17, 15) is 5.11 Å². The van der Waals surface area contributed by atoms with Crippen LogP contribution in [-0.2, 0) is 0 Å². The van der Waals surface area contributed by atoms with Crippen LogP contribution in [-0.4, -0.2) is 46.7 Å². The van der Waals surface area contributed by atoms with Crippen LogP contribution < -0.4 is 0 Å². The molecule has 2 rings (SSSR count). The molecule has 0 spiro atoms. The van der Waals surface area contributed by atoms with Crippen LogP contribution in [0.2, 0.25) is 0 Å². The molecule has 3 atom stereocenters. The Morgan fingerprint density at radius 2 is 2.15 bits per heavy atom. The highest BCUT2D eigenvalue weighted by molar-refractivity contribution is 7.99. The van der Waals surface area contributed by atoms with E-state index in [2.05, 4.69) is 11.9 Å². The van der Waals surface area contributed by atoms with Crippen molar-refractivity contribution in [2.45, 2.75) is 43.9 Å². The van der Waals surface area contributed by atoms with Crippen LogP contribution in [0.4, 0.5) is 0 Å². The van der Waals surface area contributed by atoms with Gasteiger partial charge in [0.2, 0.25) is 0 Å². The Morgan fingerprint density at radius 3 is 2.69 bits per heavy atom. The average molecular weight is 201 g/mol. The largest absolute Gasteiger partial charge is 0.391 e. The number of likely N-dealkylation sites (N-methyl/N-ethyl adjacent to an activating group) is 1. The second-order valence-electron chi connectivity index (χ2n) is 4.25. The zero-order valence-corrected chi connectivity index (χ0v) is 9.09. The molecule has 0 aromatic rings. The van der Waals surface area contributed by atoms with E-state index in [0.717, 1.165) is 12.5 Å². The Labute approximate surface area is 84.7 Å². The zero-order valence-electron chi connectivity index (χ0n) is 8.28. The molecule has 1 aliphatic carbocycles. The molecular weight excluding hydrogens is 182 g/mol. The summed E-state index contributed by atoms with van der Waals surface area (Å²) in [5.41, 5.74) is 0. The maximum Gasteiger partial charge on any atom is 0.0695 e. The van der Waals surface area contributed by atoms with Crippen molar-refractivity contribution < 1.29 is 5.11 Å². The Morgan fingerprint density at radius 1 is 1.31 bits per heavy atom. The van der Waals surface area contributed by atoms with Gasteiger partial charge < -0.3 is 5.11 Å². The van der Waals surface area contributed by atoms with Crippen molar-refractivity contribution in [3.05, 3.63) is 0 Å². The van der Waals surface area contributed by atoms with Gasteiger partial charge >= 0.3 is 0 Å². The molecule has 3 unspecified atom stereocenters. The SMILES string of the molecule is CN(C1CCSC1)C1CCCC1O. The van der Waals surface area contributed by atoms with Gasteiger partial charge in [-0.05, 0) is 38.5 Å². The van der Waals surface area contributed by atoms with Gasteiger partial charge in [0.1, 0.15) is 0 Å². The van der Waals surface area contributed by atoms with E-state index in [1.807, 2.05) is 11.8 Å². The summed E-state index contributed by atoms with van der Waals surface area (Å²) in [6.45, 7) is 0. The molecule has 76 valence electrons. The second kappa shape index (κ2) is 4.20. The number of aliphatic hydroxyl groups excluding tert-OH is 1. The standard InChI is InChI=1S/C10H19NOS/c1-11(8-5-6-13-7-8)9-3-2-4-10(9)12/h8-10,12H,2-7H2,1H3. The third-order valence-electron chi connectivity index (χ3n) is 3.45. The number of aliphatic hydroxyl groups is 1. The first-order valence-corrected chi connectivity index (χ1v) is 6.42. The normalized spacial score (nSPS) is 40.4. The fraction of sp³-hybridized carbons (Fsp3) is 1.00. The molecule has 0 aromatic heterocycles. The quantitative estimate of drug-likeness (QED) is 0.729. The highest BCUT2D eigenvalue weighted by Crippen LogP contribution is 2.29. The lowest BCUT2D eigenvalue weighted by atomic mass is 10.1. The molecule has 1 N–H and O–H groups in total. The predicted octanol–water partition coefficient (Wildman–Crippen LogP) is 1.34. The molecule has 0 amide bonds. The van der Waals surface area contributed by atoms with E-state index in [4.69, 9.17) is 0 Å². The van der Waals surface area contributed by atoms with Crippen LogP contribution in [0.15, 0.2) is 0 Å². The van der Waals surface area contributed by atoms with Crippen molar-refractivity contribution in [2.75, 3.05) is 18.6 Å². The summed E-state index contributed by atoms with van der Waals surface area (Å²) in [6, 6.07) is 1.17. The molecule has 3 heteroatoms. The second-order valence-corrected chi connectivity index (χ2v) is 5.40. The van der Waals surface area contributed by atoms with Gasteiger partial charge in [0.05, 0.1) is 6.10 Å². The van der Waals surface area contributed by atoms with Crippen molar-refractivity contribution in [2.24, 2.45) is 0 Å². The number of thioether (sulfide) groups is 1. The number of nitrogens with zero attached hydrogens (tertiary/aromatic N) is 1. The smallest absolute Gasteiger partial charge is 0.0695 e. The Balaban J connectivity index is 1.91. The van der Waals surface area contributed by atoms with Crippen LogP contribution in [0.1, 0.15) is 25.7 Å². The topological polar surface area (TPSA) is 23.5 Å². The molecular formula is C10H19NOS. The van der Waals surface area contributed by atoms with Crippen molar-refractivity contribution in [1.82, 2.24) is 4.90 Å². The fourth-order valence-electron chi connectivity index (χ4n) is 2.51. The number of hydrogen-bond donors (Lipinski definition) is 1. The highest BCUT2D eigenvalue weighted by atomic mass is 32.2. The van der Waals surface area contributed by atoms with Gasteiger partial charge in [-0.25, -0.2) is 0 Å². The molecule has 0 bridgehead atoms. The molecule has 1 heterocycles. The molecule has 2 aliphatic rings. The van der Waals surface area contributed by atoms with E-state index in [-0.39, 0.29) is 6.10 Å². The van der Waals surface area contributed by atoms with Gasteiger partial charge in [-0.2, -0.15) is 11.8 Å². The molecule has 2 fully saturated rings. The Kier molecular flexibility index (Phi) is 3.17. The van der Waals surface area contributed by atoms with Crippen LogP contribution in [0.25, 0.3) is 0 Å². The van der Waals surface area contributed by atoms with E-state index in [1.54, 1.807) is 0 Å². The minimum Gasteiger partial charge on any atom is -0.391 e. The lowest BCUT2D eigenvalue weighted by molar-refractivity contribution is 0.0674. The summed E-state index contributed by atoms with van der Waals surface area (Å²) in [6.07, 6.45) is 4.66. The first-order valence-electron chi connectivity index (χ1n) is 5.27. The molecule has 1 saturated heterocycles. The van der Waals surface area contributed by atoms with Crippen LogP contribution in [0.5, 0.6) is 0 Å². The van der Waals surface area contributed by atoms with Gasteiger partial charge in [0.15, 0.2) is 0 Å². The zero-order chi connectivity index (χ0) is 9.26. The van der Waals surface area contributed by atoms with E-state index in [0.29, 0.717) is 6.04 Å². The van der Waals surface area contributed by atoms with Crippen molar-refractivity contribution >= 4 is 11.8 Å². The van der Waals surface area contributed by atoms with E-state index < -0.39 is 0 Å². The fourth-order valence-corrected chi connectivity index (χ4v) is 3.79. The van der Waals surface area contributed by atoms with Crippen molar-refractivity contribution in [3.63, 3.8) is 0 Å². The third-order valence-corrected chi connectivity index (χ3v) is 4.59. The lowest BCUT2D eigenvalue weighted by Crippen LogP contribution is -2.44. The van der Waals surface area contributed by atoms with Gasteiger partial charge in [-0.1, -0.05) is 0 Å². The van der Waals surface area contributed by atoms with Crippen LogP contribution in [0.3, 0.4) is 0 Å². The predicted molar refractivity (Wildman–Crippen MR) is 57.1 cm³/mol. The molecule has 1 aliphatic heterocycles. The molecule has 0 aromatic carbocycles. The maximum atomic E-state index is 9.77. The monoisotopic (exact) mass is 201 g/mol. The molecule has 2 nitrogen and oxygen atoms in total. The summed E-state index contributed by atoms with van der Waals surface area (Å²) in [5.74, 6) is 2.57. The first kappa shape index (κ1) is 9.81. The highest BCUT2D eigenvalue weighted by Gasteiger charge is 2.33. The average Bonchev–Trinajstić information content (AvgIpc) is 2.72. The van der Waals surface area contributed by atoms with Gasteiger partial charge in [-0.15, -0.1) is 0 Å². The summed E-state index contributed by atoms with van der Waals surface area (Å²) in [5, 5.41) is 9.77. The molecule has 13 heavy (non-hydrogen) atoms. The van der Waals surface area contributed by atoms with Crippen molar-refractivity contribution in [1.29, 1.82) is 0 Å². The minimum atomic E-state index is -0.0596. The van der Waals surface area contributed by atoms with Crippen LogP contribution >= 0.6 is 11.8 Å². The third kappa shape index (κ3) is 2.03. The van der Waals surface area contributed by atoms with Gasteiger partial charge in [0, 0.05) is 17.8 Å². The Hall–Kier alpha value is 0.270. The minimum absolute atomic E-state index is 0.0596. The van der Waals surface area contributed by atoms with E-state index in [1.165, 1.54) is 30.8 Å². The number of hydrogen-bond acceptors (Lipinski definition) is 3. The maximum absolute atomic E-state index is 9.77. The summed E-state index contributed by atoms with van der Waals surface area (Å²) in [7, 11) is 2.19. The van der Waals surface area contributed by atoms with Crippen LogP contribution in [0, 0.1) is 0 Å². The molecule has 1 saturated carbocycles. The van der Waals surface area contributed by atoms with E-state index >= 15 is 0 Å². The molecule has 0 radical (unpaired) electrons. The van der Waals surface area contributed by atoms with Gasteiger partial charge in [0.25, 0.3) is 0 Å². The Bertz CT molecular complexity index is 170.